The van der Waals surface area contributed by atoms with Gasteiger partial charge in [-0.1, -0.05) is 28.4 Å². The van der Waals surface area contributed by atoms with E-state index in [4.69, 9.17) is 23.2 Å². The highest BCUT2D eigenvalue weighted by Gasteiger charge is 2.31. The number of hydrogen-bond donors (Lipinski definition) is 3. The summed E-state index contributed by atoms with van der Waals surface area (Å²) in [7, 11) is 0. The zero-order valence-electron chi connectivity index (χ0n) is 16.4. The number of aromatic nitrogens is 3. The number of carboxylic acid groups (broad SMARTS) is 1. The molecule has 31 heavy (non-hydrogen) atoms. The van der Waals surface area contributed by atoms with Gasteiger partial charge in [0.1, 0.15) is 5.52 Å². The molecule has 4 rings (SSSR count). The SMILES string of the molecule is O=C(CN1CCC(N(Cc2cc(Cl)cc(Cl)c2)C(=O)O)C1)Nc1ccc2[nH]nnc2c1. The van der Waals surface area contributed by atoms with Crippen molar-refractivity contribution < 1.29 is 14.7 Å². The number of carbonyl (C=O) groups excluding carboxylic acids is 1. The summed E-state index contributed by atoms with van der Waals surface area (Å²) < 4.78 is 0. The zero-order valence-corrected chi connectivity index (χ0v) is 17.9. The molecule has 2 heterocycles. The third kappa shape index (κ3) is 5.25. The van der Waals surface area contributed by atoms with E-state index >= 15 is 0 Å². The lowest BCUT2D eigenvalue weighted by Gasteiger charge is -2.26. The number of aromatic amines is 1. The maximum absolute atomic E-state index is 12.5. The molecular formula is C20H20Cl2N6O3. The van der Waals surface area contributed by atoms with Gasteiger partial charge in [-0.25, -0.2) is 4.79 Å². The number of fused-ring (bicyclic) bond motifs is 1. The minimum atomic E-state index is -1.02. The Kier molecular flexibility index (Phi) is 6.26. The molecule has 1 aliphatic heterocycles. The Balaban J connectivity index is 1.35. The molecule has 1 aromatic heterocycles. The lowest BCUT2D eigenvalue weighted by Crippen LogP contribution is -2.41. The number of carbonyl (C=O) groups is 2. The maximum Gasteiger partial charge on any atom is 0.407 e. The molecule has 3 aromatic rings. The molecule has 0 spiro atoms. The molecule has 0 radical (unpaired) electrons. The molecule has 2 amide bonds. The van der Waals surface area contributed by atoms with Crippen LogP contribution in [0.4, 0.5) is 10.5 Å². The highest BCUT2D eigenvalue weighted by atomic mass is 35.5. The van der Waals surface area contributed by atoms with Gasteiger partial charge >= 0.3 is 6.09 Å². The second-order valence-electron chi connectivity index (χ2n) is 7.46. The van der Waals surface area contributed by atoms with E-state index in [0.717, 1.165) is 11.1 Å². The number of halogens is 2. The van der Waals surface area contributed by atoms with Gasteiger partial charge in [-0.2, -0.15) is 0 Å². The predicted octanol–water partition coefficient (Wildman–Crippen LogP) is 3.46. The van der Waals surface area contributed by atoms with E-state index in [2.05, 4.69) is 20.7 Å². The van der Waals surface area contributed by atoms with Gasteiger partial charge in [0.05, 0.1) is 12.1 Å². The fourth-order valence-corrected chi connectivity index (χ4v) is 4.36. The van der Waals surface area contributed by atoms with Crippen molar-refractivity contribution in [1.82, 2.24) is 25.2 Å². The first kappa shape index (κ1) is 21.4. The quantitative estimate of drug-likeness (QED) is 0.516. The average molecular weight is 463 g/mol. The van der Waals surface area contributed by atoms with Gasteiger partial charge in [-0.15, -0.1) is 5.10 Å². The number of benzene rings is 2. The molecular weight excluding hydrogens is 443 g/mol. The second kappa shape index (κ2) is 9.09. The van der Waals surface area contributed by atoms with Gasteiger partial charge in [0.25, 0.3) is 0 Å². The molecule has 1 unspecified atom stereocenters. The lowest BCUT2D eigenvalue weighted by molar-refractivity contribution is -0.117. The minimum absolute atomic E-state index is 0.170. The van der Waals surface area contributed by atoms with Crippen molar-refractivity contribution in [2.75, 3.05) is 25.0 Å². The third-order valence-electron chi connectivity index (χ3n) is 5.19. The number of rotatable bonds is 6. The van der Waals surface area contributed by atoms with Crippen LogP contribution >= 0.6 is 23.2 Å². The summed E-state index contributed by atoms with van der Waals surface area (Å²) in [6.45, 7) is 1.44. The topological polar surface area (TPSA) is 114 Å². The highest BCUT2D eigenvalue weighted by molar-refractivity contribution is 6.34. The minimum Gasteiger partial charge on any atom is -0.465 e. The fraction of sp³-hybridized carbons (Fsp3) is 0.300. The van der Waals surface area contributed by atoms with Crippen molar-refractivity contribution in [3.05, 3.63) is 52.0 Å². The highest BCUT2D eigenvalue weighted by Crippen LogP contribution is 2.23. The van der Waals surface area contributed by atoms with E-state index in [1.165, 1.54) is 4.90 Å². The number of nitrogens with zero attached hydrogens (tertiary/aromatic N) is 4. The van der Waals surface area contributed by atoms with Crippen LogP contribution < -0.4 is 5.32 Å². The summed E-state index contributed by atoms with van der Waals surface area (Å²) in [4.78, 5) is 27.6. The lowest BCUT2D eigenvalue weighted by atomic mass is 10.1. The smallest absolute Gasteiger partial charge is 0.407 e. The van der Waals surface area contributed by atoms with E-state index in [1.807, 2.05) is 4.90 Å². The second-order valence-corrected chi connectivity index (χ2v) is 8.33. The van der Waals surface area contributed by atoms with Crippen molar-refractivity contribution in [3.63, 3.8) is 0 Å². The largest absolute Gasteiger partial charge is 0.465 e. The molecule has 1 atom stereocenters. The fourth-order valence-electron chi connectivity index (χ4n) is 3.79. The number of hydrogen-bond acceptors (Lipinski definition) is 5. The van der Waals surface area contributed by atoms with Crippen molar-refractivity contribution >= 4 is 51.9 Å². The van der Waals surface area contributed by atoms with Crippen LogP contribution in [-0.2, 0) is 11.3 Å². The molecule has 1 fully saturated rings. The Morgan fingerprint density at radius 2 is 2.00 bits per heavy atom. The van der Waals surface area contributed by atoms with Gasteiger partial charge in [0.15, 0.2) is 0 Å². The van der Waals surface area contributed by atoms with E-state index in [0.29, 0.717) is 40.8 Å². The first-order chi connectivity index (χ1) is 14.9. The molecule has 11 heteroatoms. The Labute approximate surface area is 187 Å². The standard InChI is InChI=1S/C20H20Cl2N6O3/c21-13-5-12(6-14(22)7-13)9-28(20(30)31)16-3-4-27(10-16)11-19(29)23-15-1-2-17-18(8-15)25-26-24-17/h1-2,5-8,16H,3-4,9-11H2,(H,23,29)(H,30,31)(H,24,25,26). The molecule has 0 saturated carbocycles. The zero-order chi connectivity index (χ0) is 22.0. The molecule has 0 bridgehead atoms. The van der Waals surface area contributed by atoms with Crippen molar-refractivity contribution in [2.24, 2.45) is 0 Å². The van der Waals surface area contributed by atoms with Crippen LogP contribution in [0.3, 0.4) is 0 Å². The first-order valence-corrected chi connectivity index (χ1v) is 10.4. The Morgan fingerprint density at radius 3 is 2.74 bits per heavy atom. The molecule has 0 aliphatic carbocycles. The summed E-state index contributed by atoms with van der Waals surface area (Å²) >= 11 is 12.1. The van der Waals surface area contributed by atoms with Crippen molar-refractivity contribution in [2.45, 2.75) is 19.0 Å². The molecule has 1 aliphatic rings. The summed E-state index contributed by atoms with van der Waals surface area (Å²) in [6.07, 6.45) is -0.382. The van der Waals surface area contributed by atoms with E-state index in [1.54, 1.807) is 36.4 Å². The summed E-state index contributed by atoms with van der Waals surface area (Å²) in [5.41, 5.74) is 2.80. The van der Waals surface area contributed by atoms with Gasteiger partial charge < -0.3 is 10.4 Å². The van der Waals surface area contributed by atoms with Gasteiger partial charge in [-0.3, -0.25) is 19.7 Å². The molecule has 1 saturated heterocycles. The Hall–Kier alpha value is -2.88. The number of likely N-dealkylation sites (tertiary alicyclic amines) is 1. The van der Waals surface area contributed by atoms with Crippen LogP contribution in [0.5, 0.6) is 0 Å². The van der Waals surface area contributed by atoms with Gasteiger partial charge in [-0.05, 0) is 48.4 Å². The summed E-state index contributed by atoms with van der Waals surface area (Å²) in [5, 5.41) is 23.9. The van der Waals surface area contributed by atoms with E-state index in [-0.39, 0.29) is 25.0 Å². The number of anilines is 1. The van der Waals surface area contributed by atoms with E-state index < -0.39 is 6.09 Å². The van der Waals surface area contributed by atoms with Crippen LogP contribution in [0.2, 0.25) is 10.0 Å². The van der Waals surface area contributed by atoms with Crippen LogP contribution in [0.1, 0.15) is 12.0 Å². The average Bonchev–Trinajstić information content (AvgIpc) is 3.34. The first-order valence-electron chi connectivity index (χ1n) is 9.65. The van der Waals surface area contributed by atoms with Crippen molar-refractivity contribution in [1.29, 1.82) is 0 Å². The molecule has 3 N–H and O–H groups in total. The molecule has 9 nitrogen and oxygen atoms in total. The van der Waals surface area contributed by atoms with Crippen LogP contribution in [0, 0.1) is 0 Å². The number of H-pyrrole nitrogens is 1. The van der Waals surface area contributed by atoms with Crippen molar-refractivity contribution in [3.8, 4) is 0 Å². The predicted molar refractivity (Wildman–Crippen MR) is 117 cm³/mol. The third-order valence-corrected chi connectivity index (χ3v) is 5.62. The Bertz CT molecular complexity index is 1100. The van der Waals surface area contributed by atoms with Crippen LogP contribution in [-0.4, -0.2) is 68.0 Å². The van der Waals surface area contributed by atoms with Gasteiger partial charge in [0, 0.05) is 41.4 Å². The summed E-state index contributed by atoms with van der Waals surface area (Å²) in [6, 6.07) is 10.1. The van der Waals surface area contributed by atoms with E-state index in [9.17, 15) is 14.7 Å². The van der Waals surface area contributed by atoms with Gasteiger partial charge in [0.2, 0.25) is 5.91 Å². The normalized spacial score (nSPS) is 16.5. The number of amides is 2. The molecule has 162 valence electrons. The van der Waals surface area contributed by atoms with Crippen LogP contribution in [0.25, 0.3) is 11.0 Å². The monoisotopic (exact) mass is 462 g/mol. The number of nitrogens with one attached hydrogen (secondary N) is 2. The maximum atomic E-state index is 12.5. The van der Waals surface area contributed by atoms with Crippen LogP contribution in [0.15, 0.2) is 36.4 Å². The summed E-state index contributed by atoms with van der Waals surface area (Å²) in [5.74, 6) is -0.174. The Morgan fingerprint density at radius 1 is 1.23 bits per heavy atom. The molecule has 2 aromatic carbocycles.